The van der Waals surface area contributed by atoms with Gasteiger partial charge in [-0.3, -0.25) is 24.1 Å². The van der Waals surface area contributed by atoms with Crippen molar-refractivity contribution in [2.24, 2.45) is 5.16 Å². The van der Waals surface area contributed by atoms with Gasteiger partial charge in [-0.1, -0.05) is 39.7 Å². The van der Waals surface area contributed by atoms with Crippen molar-refractivity contribution in [1.82, 2.24) is 41.1 Å². The van der Waals surface area contributed by atoms with Crippen molar-refractivity contribution >= 4 is 92.5 Å². The number of nitrogens with zero attached hydrogens (tertiary/aromatic N) is 7. The van der Waals surface area contributed by atoms with Crippen LogP contribution in [0.3, 0.4) is 0 Å². The third kappa shape index (κ3) is 8.24. The summed E-state index contributed by atoms with van der Waals surface area (Å²) in [5, 5.41) is 60.4. The summed E-state index contributed by atoms with van der Waals surface area (Å²) in [7, 11) is 0. The van der Waals surface area contributed by atoms with Crippen LogP contribution in [0.1, 0.15) is 41.1 Å². The van der Waals surface area contributed by atoms with Gasteiger partial charge in [-0.2, -0.15) is 0 Å². The van der Waals surface area contributed by atoms with Crippen LogP contribution < -0.4 is 16.4 Å². The van der Waals surface area contributed by atoms with Gasteiger partial charge in [0, 0.05) is 24.2 Å². The van der Waals surface area contributed by atoms with Gasteiger partial charge in [-0.05, 0) is 22.6 Å². The predicted molar refractivity (Wildman–Crippen MR) is 195 cm³/mol. The Bertz CT molecular complexity index is 2090. The molecule has 3 aromatic rings. The highest BCUT2D eigenvalue weighted by Gasteiger charge is 2.55. The molecule has 21 nitrogen and oxygen atoms in total. The number of β-lactam (4-membered cyclic amide) rings is 1. The maximum atomic E-state index is 13.9. The number of thiazole rings is 1. The van der Waals surface area contributed by atoms with Crippen LogP contribution in [0.2, 0.25) is 9.36 Å². The quantitative estimate of drug-likeness (QED) is 0.0339. The zero-order valence-corrected chi connectivity index (χ0v) is 31.4. The van der Waals surface area contributed by atoms with Gasteiger partial charge in [0.2, 0.25) is 6.10 Å². The SMILES string of the molecule is Nc1nc(/C(=N/O[C@@H](CC(=O)O)C(=O)O)C(=O)N[C@@H]2C(=O)N3C(c4nnn[nH]4)=C(C[N+]4(CCNC(=O)c5ccc(O)c(O)c5Cl)CCCC4)CS[C@H]23)c(Cl)s1. The second-order valence-electron chi connectivity index (χ2n) is 12.6. The summed E-state index contributed by atoms with van der Waals surface area (Å²) in [6.07, 6.45) is -1.08. The molecule has 2 saturated heterocycles. The largest absolute Gasteiger partial charge is 0.504 e. The molecule has 3 amide bonds. The molecule has 55 heavy (non-hydrogen) atoms. The Labute approximate surface area is 328 Å². The van der Waals surface area contributed by atoms with Crippen LogP contribution in [-0.4, -0.2) is 147 Å². The van der Waals surface area contributed by atoms with Gasteiger partial charge in [0.25, 0.3) is 17.7 Å². The number of halogens is 2. The number of hydrogen-bond acceptors (Lipinski definition) is 16. The second-order valence-corrected chi connectivity index (χ2v) is 15.8. The number of nitrogen functional groups attached to an aromatic ring is 1. The number of anilines is 1. The highest BCUT2D eigenvalue weighted by molar-refractivity contribution is 8.00. The Kier molecular flexibility index (Phi) is 11.7. The van der Waals surface area contributed by atoms with Crippen molar-refractivity contribution in [3.8, 4) is 11.5 Å². The van der Waals surface area contributed by atoms with Gasteiger partial charge in [-0.25, -0.2) is 14.9 Å². The molecule has 0 saturated carbocycles. The van der Waals surface area contributed by atoms with E-state index in [1.54, 1.807) is 0 Å². The number of likely N-dealkylation sites (tertiary alicyclic amines) is 1. The van der Waals surface area contributed by atoms with E-state index < -0.39 is 70.8 Å². The Morgan fingerprint density at radius 2 is 1.93 bits per heavy atom. The standard InChI is InChI=1S/C30H31Cl2N11O10S2/c31-17-13(3-4-14(44)22(17)47)25(48)34-5-8-43(6-1-2-7-43)10-12-11-54-28-20(27(50)42(28)21(12)24-37-40-41-38-24)35-26(49)19(18-23(32)55-30(33)36-18)39-53-15(29(51)52)9-16(45)46/h3-4,15,20,28H,1-2,5-11H2,(H8-,33,34,35,36,37,38,39,40,41,44,45,46,47,48,49,51,52)/p+1/t15-,20+,28+/m0/s1. The number of aromatic nitrogens is 5. The van der Waals surface area contributed by atoms with Crippen LogP contribution in [-0.2, 0) is 24.0 Å². The average molecular weight is 842 g/mol. The first kappa shape index (κ1) is 39.5. The minimum absolute atomic E-state index is 0.00721. The third-order valence-corrected chi connectivity index (χ3v) is 11.9. The lowest BCUT2D eigenvalue weighted by Crippen LogP contribution is -2.70. The molecule has 6 rings (SSSR count). The average Bonchev–Trinajstić information content (AvgIpc) is 3.91. The van der Waals surface area contributed by atoms with Gasteiger partial charge in [-0.15, -0.1) is 16.9 Å². The maximum absolute atomic E-state index is 13.9. The van der Waals surface area contributed by atoms with E-state index in [4.69, 9.17) is 38.9 Å². The number of phenolic OH excluding ortho intramolecular Hbond substituents is 2. The van der Waals surface area contributed by atoms with Crippen molar-refractivity contribution in [3.63, 3.8) is 0 Å². The molecule has 1 aromatic carbocycles. The van der Waals surface area contributed by atoms with Crippen LogP contribution in [0, 0.1) is 0 Å². The number of carboxylic acid groups (broad SMARTS) is 2. The first-order valence-electron chi connectivity index (χ1n) is 16.4. The van der Waals surface area contributed by atoms with Crippen LogP contribution in [0.15, 0.2) is 22.9 Å². The fourth-order valence-corrected chi connectivity index (χ4v) is 9.01. The molecule has 2 fully saturated rings. The fourth-order valence-electron chi connectivity index (χ4n) is 6.50. The number of benzene rings is 1. The Hall–Kier alpha value is -5.23. The third-order valence-electron chi connectivity index (χ3n) is 9.10. The summed E-state index contributed by atoms with van der Waals surface area (Å²) in [4.78, 5) is 73.6. The Morgan fingerprint density at radius 3 is 2.56 bits per heavy atom. The number of carboxylic acids is 2. The molecular formula is C30H32Cl2N11O10S2+. The molecular weight excluding hydrogens is 809 g/mol. The molecule has 0 unspecified atom stereocenters. The molecule has 0 bridgehead atoms. The lowest BCUT2D eigenvalue weighted by Gasteiger charge is -2.50. The number of aromatic amines is 1. The number of carbonyl (C=O) groups is 5. The van der Waals surface area contributed by atoms with Crippen LogP contribution >= 0.6 is 46.3 Å². The molecule has 292 valence electrons. The summed E-state index contributed by atoms with van der Waals surface area (Å²) < 4.78 is 0.475. The molecule has 2 aromatic heterocycles. The molecule has 0 radical (unpaired) electrons. The van der Waals surface area contributed by atoms with Crippen LogP contribution in [0.25, 0.3) is 5.70 Å². The summed E-state index contributed by atoms with van der Waals surface area (Å²) in [5.41, 5.74) is 6.15. The number of phenols is 2. The summed E-state index contributed by atoms with van der Waals surface area (Å²) in [5.74, 6) is -5.63. The number of carbonyl (C=O) groups excluding carboxylic acids is 3. The first-order chi connectivity index (χ1) is 26.2. The number of fused-ring (bicyclic) bond motifs is 1. The van der Waals surface area contributed by atoms with Gasteiger partial charge in [0.05, 0.1) is 48.9 Å². The minimum Gasteiger partial charge on any atom is -0.504 e. The number of nitrogens with two attached hydrogens (primary N) is 1. The van der Waals surface area contributed by atoms with Crippen molar-refractivity contribution in [1.29, 1.82) is 0 Å². The van der Waals surface area contributed by atoms with Gasteiger partial charge < -0.3 is 46.1 Å². The van der Waals surface area contributed by atoms with E-state index in [-0.39, 0.29) is 38.1 Å². The molecule has 3 atom stereocenters. The highest BCUT2D eigenvalue weighted by atomic mass is 35.5. The summed E-state index contributed by atoms with van der Waals surface area (Å²) >= 11 is 14.5. The number of quaternary nitrogens is 1. The number of rotatable bonds is 15. The van der Waals surface area contributed by atoms with Crippen molar-refractivity contribution < 1.29 is 53.7 Å². The minimum atomic E-state index is -1.96. The fraction of sp³-hybridized carbons (Fsp3) is 0.400. The number of amides is 3. The second kappa shape index (κ2) is 16.2. The number of H-pyrrole nitrogens is 1. The van der Waals surface area contributed by atoms with Crippen molar-refractivity contribution in [2.45, 2.75) is 36.8 Å². The monoisotopic (exact) mass is 840 g/mol. The van der Waals surface area contributed by atoms with Gasteiger partial charge in [0.1, 0.15) is 28.0 Å². The summed E-state index contributed by atoms with van der Waals surface area (Å²) in [6.45, 7) is 2.81. The molecule has 9 N–H and O–H groups in total. The molecule has 5 heterocycles. The topological polar surface area (TPSA) is 309 Å². The number of oxime groups is 1. The van der Waals surface area contributed by atoms with E-state index >= 15 is 0 Å². The van der Waals surface area contributed by atoms with Crippen molar-refractivity contribution in [3.05, 3.63) is 44.1 Å². The molecule has 25 heteroatoms. The number of thioether (sulfide) groups is 1. The summed E-state index contributed by atoms with van der Waals surface area (Å²) in [6, 6.07) is 1.37. The van der Waals surface area contributed by atoms with E-state index in [0.717, 1.165) is 42.8 Å². The smallest absolute Gasteiger partial charge is 0.348 e. The Morgan fingerprint density at radius 1 is 1.18 bits per heavy atom. The zero-order chi connectivity index (χ0) is 39.6. The van der Waals surface area contributed by atoms with E-state index in [1.165, 1.54) is 28.8 Å². The zero-order valence-electron chi connectivity index (χ0n) is 28.3. The highest BCUT2D eigenvalue weighted by Crippen LogP contribution is 2.44. The molecule has 0 aliphatic carbocycles. The Balaban J connectivity index is 1.20. The first-order valence-corrected chi connectivity index (χ1v) is 19.0. The number of nitrogens with one attached hydrogen (secondary N) is 3. The van der Waals surface area contributed by atoms with Gasteiger partial charge >= 0.3 is 11.9 Å². The molecule has 0 spiro atoms. The van der Waals surface area contributed by atoms with Crippen LogP contribution in [0.4, 0.5) is 5.13 Å². The molecule has 3 aliphatic rings. The normalized spacial score (nSPS) is 19.7. The molecule has 3 aliphatic heterocycles. The van der Waals surface area contributed by atoms with E-state index in [1.807, 2.05) is 0 Å². The van der Waals surface area contributed by atoms with E-state index in [0.29, 0.717) is 29.0 Å². The van der Waals surface area contributed by atoms with Crippen molar-refractivity contribution in [2.75, 3.05) is 44.2 Å². The van der Waals surface area contributed by atoms with E-state index in [2.05, 4.69) is 41.4 Å². The van der Waals surface area contributed by atoms with E-state index in [9.17, 15) is 39.3 Å². The lowest BCUT2D eigenvalue weighted by atomic mass is 10.0. The maximum Gasteiger partial charge on any atom is 0.348 e. The predicted octanol–water partition coefficient (Wildman–Crippen LogP) is 0.457. The number of hydrogen-bond donors (Lipinski definition) is 8. The van der Waals surface area contributed by atoms with Crippen LogP contribution in [0.5, 0.6) is 11.5 Å². The number of tetrazole rings is 1. The number of aliphatic carboxylic acids is 2. The number of aromatic hydroxyl groups is 2. The lowest BCUT2D eigenvalue weighted by molar-refractivity contribution is -0.911. The van der Waals surface area contributed by atoms with Gasteiger partial charge in [0.15, 0.2) is 28.2 Å².